The Morgan fingerprint density at radius 2 is 2.17 bits per heavy atom. The molecule has 1 aromatic heterocycles. The molecule has 0 saturated heterocycles. The van der Waals surface area contributed by atoms with E-state index in [1.165, 1.54) is 0 Å². The predicted octanol–water partition coefficient (Wildman–Crippen LogP) is 3.87. The number of aryl methyl sites for hydroxylation is 1. The standard InChI is InChI=1S/C12H11BrN2O3/c1-8-2-4-10(11(6-8)15(16)17)14-7-9-3-5-12(13)18-9/h2-6,14H,7H2,1H3. The van der Waals surface area contributed by atoms with Crippen LogP contribution in [0, 0.1) is 17.0 Å². The van der Waals surface area contributed by atoms with Gasteiger partial charge in [-0.25, -0.2) is 0 Å². The third kappa shape index (κ3) is 2.89. The van der Waals surface area contributed by atoms with Gasteiger partial charge in [0.1, 0.15) is 11.4 Å². The van der Waals surface area contributed by atoms with Crippen LogP contribution >= 0.6 is 15.9 Å². The molecule has 6 heteroatoms. The fraction of sp³-hybridized carbons (Fsp3) is 0.167. The van der Waals surface area contributed by atoms with Gasteiger partial charge in [0, 0.05) is 6.07 Å². The topological polar surface area (TPSA) is 68.3 Å². The van der Waals surface area contributed by atoms with Crippen LogP contribution in [0.25, 0.3) is 0 Å². The summed E-state index contributed by atoms with van der Waals surface area (Å²) < 4.78 is 5.95. The SMILES string of the molecule is Cc1ccc(NCc2ccc(Br)o2)c([N+](=O)[O-])c1. The summed E-state index contributed by atoms with van der Waals surface area (Å²) in [5.74, 6) is 0.705. The molecule has 1 aromatic carbocycles. The van der Waals surface area contributed by atoms with Crippen molar-refractivity contribution in [3.8, 4) is 0 Å². The maximum Gasteiger partial charge on any atom is 0.292 e. The number of furan rings is 1. The monoisotopic (exact) mass is 310 g/mol. The molecular weight excluding hydrogens is 300 g/mol. The minimum Gasteiger partial charge on any atom is -0.452 e. The molecule has 0 unspecified atom stereocenters. The van der Waals surface area contributed by atoms with E-state index < -0.39 is 4.92 Å². The number of nitro groups is 1. The number of halogens is 1. The first kappa shape index (κ1) is 12.6. The van der Waals surface area contributed by atoms with Crippen LogP contribution < -0.4 is 5.32 Å². The van der Waals surface area contributed by atoms with Crippen molar-refractivity contribution in [2.24, 2.45) is 0 Å². The van der Waals surface area contributed by atoms with E-state index in [1.54, 1.807) is 24.3 Å². The summed E-state index contributed by atoms with van der Waals surface area (Å²) in [7, 11) is 0. The molecule has 5 nitrogen and oxygen atoms in total. The zero-order valence-corrected chi connectivity index (χ0v) is 11.2. The molecule has 1 heterocycles. The molecule has 18 heavy (non-hydrogen) atoms. The van der Waals surface area contributed by atoms with Crippen molar-refractivity contribution in [2.75, 3.05) is 5.32 Å². The summed E-state index contributed by atoms with van der Waals surface area (Å²) in [5, 5.41) is 13.9. The van der Waals surface area contributed by atoms with E-state index in [2.05, 4.69) is 21.2 Å². The smallest absolute Gasteiger partial charge is 0.292 e. The molecule has 0 aliphatic rings. The van der Waals surface area contributed by atoms with Gasteiger partial charge in [-0.15, -0.1) is 0 Å². The second-order valence-electron chi connectivity index (χ2n) is 3.84. The number of rotatable bonds is 4. The Kier molecular flexibility index (Phi) is 3.66. The van der Waals surface area contributed by atoms with Gasteiger partial charge in [0.05, 0.1) is 11.5 Å². The van der Waals surface area contributed by atoms with Crippen molar-refractivity contribution in [3.63, 3.8) is 0 Å². The van der Waals surface area contributed by atoms with Crippen LogP contribution in [0.1, 0.15) is 11.3 Å². The predicted molar refractivity (Wildman–Crippen MR) is 71.6 cm³/mol. The van der Waals surface area contributed by atoms with Crippen molar-refractivity contribution in [3.05, 3.63) is 56.4 Å². The molecule has 1 N–H and O–H groups in total. The fourth-order valence-electron chi connectivity index (χ4n) is 1.57. The van der Waals surface area contributed by atoms with Crippen molar-refractivity contribution >= 4 is 27.3 Å². The number of nitrogens with zero attached hydrogens (tertiary/aromatic N) is 1. The van der Waals surface area contributed by atoms with Crippen LogP contribution in [-0.2, 0) is 6.54 Å². The summed E-state index contributed by atoms with van der Waals surface area (Å²) in [5.41, 5.74) is 1.41. The van der Waals surface area contributed by atoms with Crippen molar-refractivity contribution in [2.45, 2.75) is 13.5 Å². The largest absolute Gasteiger partial charge is 0.452 e. The Morgan fingerprint density at radius 1 is 1.39 bits per heavy atom. The minimum atomic E-state index is -0.395. The fourth-order valence-corrected chi connectivity index (χ4v) is 1.91. The molecule has 2 aromatic rings. The first-order valence-electron chi connectivity index (χ1n) is 5.29. The highest BCUT2D eigenvalue weighted by atomic mass is 79.9. The average Bonchev–Trinajstić information content (AvgIpc) is 2.73. The number of benzene rings is 1. The first-order valence-corrected chi connectivity index (χ1v) is 6.08. The van der Waals surface area contributed by atoms with E-state index in [0.29, 0.717) is 22.7 Å². The zero-order valence-electron chi connectivity index (χ0n) is 9.64. The molecule has 0 aliphatic carbocycles. The van der Waals surface area contributed by atoms with Crippen LogP contribution in [0.2, 0.25) is 0 Å². The third-order valence-electron chi connectivity index (χ3n) is 2.43. The Labute approximate surface area is 112 Å². The second-order valence-corrected chi connectivity index (χ2v) is 4.62. The Bertz CT molecular complexity index is 580. The molecule has 0 radical (unpaired) electrons. The first-order chi connectivity index (χ1) is 8.56. The van der Waals surface area contributed by atoms with Gasteiger partial charge in [-0.3, -0.25) is 10.1 Å². The number of nitro benzene ring substituents is 1. The van der Waals surface area contributed by atoms with Crippen molar-refractivity contribution in [1.82, 2.24) is 0 Å². The van der Waals surface area contributed by atoms with Gasteiger partial charge in [-0.1, -0.05) is 6.07 Å². The van der Waals surface area contributed by atoms with Crippen LogP contribution in [0.15, 0.2) is 39.4 Å². The van der Waals surface area contributed by atoms with E-state index >= 15 is 0 Å². The second kappa shape index (κ2) is 5.22. The maximum absolute atomic E-state index is 10.9. The van der Waals surface area contributed by atoms with E-state index in [9.17, 15) is 10.1 Å². The molecular formula is C12H11BrN2O3. The summed E-state index contributed by atoms with van der Waals surface area (Å²) >= 11 is 3.20. The van der Waals surface area contributed by atoms with Crippen LogP contribution in [0.4, 0.5) is 11.4 Å². The highest BCUT2D eigenvalue weighted by Crippen LogP contribution is 2.26. The molecule has 2 rings (SSSR count). The van der Waals surface area contributed by atoms with E-state index in [0.717, 1.165) is 5.56 Å². The Balaban J connectivity index is 2.16. The molecule has 0 spiro atoms. The summed E-state index contributed by atoms with van der Waals surface area (Å²) in [6.45, 7) is 2.22. The van der Waals surface area contributed by atoms with Crippen molar-refractivity contribution < 1.29 is 9.34 Å². The van der Waals surface area contributed by atoms with E-state index in [4.69, 9.17) is 4.42 Å². The van der Waals surface area contributed by atoms with Crippen LogP contribution in [0.5, 0.6) is 0 Å². The van der Waals surface area contributed by atoms with Gasteiger partial charge in [-0.05, 0) is 46.6 Å². The lowest BCUT2D eigenvalue weighted by Crippen LogP contribution is -2.02. The highest BCUT2D eigenvalue weighted by molar-refractivity contribution is 9.10. The van der Waals surface area contributed by atoms with Gasteiger partial charge in [-0.2, -0.15) is 0 Å². The van der Waals surface area contributed by atoms with Gasteiger partial charge >= 0.3 is 0 Å². The summed E-state index contributed by atoms with van der Waals surface area (Å²) in [4.78, 5) is 10.5. The van der Waals surface area contributed by atoms with Crippen LogP contribution in [-0.4, -0.2) is 4.92 Å². The maximum atomic E-state index is 10.9. The van der Waals surface area contributed by atoms with Gasteiger partial charge in [0.15, 0.2) is 4.67 Å². The lowest BCUT2D eigenvalue weighted by atomic mass is 10.2. The third-order valence-corrected chi connectivity index (χ3v) is 2.86. The normalized spacial score (nSPS) is 10.3. The molecule has 0 bridgehead atoms. The number of anilines is 1. The quantitative estimate of drug-likeness (QED) is 0.687. The Hall–Kier alpha value is -1.82. The number of nitrogens with one attached hydrogen (secondary N) is 1. The lowest BCUT2D eigenvalue weighted by Gasteiger charge is -2.06. The van der Waals surface area contributed by atoms with E-state index in [-0.39, 0.29) is 5.69 Å². The van der Waals surface area contributed by atoms with Gasteiger partial charge < -0.3 is 9.73 Å². The molecule has 94 valence electrons. The molecule has 0 amide bonds. The molecule has 0 fully saturated rings. The highest BCUT2D eigenvalue weighted by Gasteiger charge is 2.13. The Morgan fingerprint density at radius 3 is 2.78 bits per heavy atom. The molecule has 0 aliphatic heterocycles. The summed E-state index contributed by atoms with van der Waals surface area (Å²) in [6.07, 6.45) is 0. The van der Waals surface area contributed by atoms with Gasteiger partial charge in [0.2, 0.25) is 0 Å². The molecule has 0 atom stereocenters. The number of hydrogen-bond acceptors (Lipinski definition) is 4. The number of hydrogen-bond donors (Lipinski definition) is 1. The van der Waals surface area contributed by atoms with E-state index in [1.807, 2.05) is 13.0 Å². The summed E-state index contributed by atoms with van der Waals surface area (Å²) in [6, 6.07) is 8.65. The van der Waals surface area contributed by atoms with Crippen LogP contribution in [0.3, 0.4) is 0 Å². The zero-order chi connectivity index (χ0) is 13.1. The van der Waals surface area contributed by atoms with Gasteiger partial charge in [0.25, 0.3) is 5.69 Å². The average molecular weight is 311 g/mol. The van der Waals surface area contributed by atoms with Crippen molar-refractivity contribution in [1.29, 1.82) is 0 Å². The lowest BCUT2D eigenvalue weighted by molar-refractivity contribution is -0.384. The molecule has 0 saturated carbocycles. The minimum absolute atomic E-state index is 0.0700.